The first-order valence-corrected chi connectivity index (χ1v) is 11.2. The van der Waals surface area contributed by atoms with Crippen molar-refractivity contribution in [3.8, 4) is 11.8 Å². The number of carbonyl (C=O) groups is 2. The van der Waals surface area contributed by atoms with Crippen molar-refractivity contribution in [3.63, 3.8) is 0 Å². The van der Waals surface area contributed by atoms with Gasteiger partial charge in [0, 0.05) is 16.0 Å². The number of nitrogens with zero attached hydrogens (tertiary/aromatic N) is 2. The highest BCUT2D eigenvalue weighted by Gasteiger charge is 2.21. The topological polar surface area (TPSA) is 96.8 Å². The highest BCUT2D eigenvalue weighted by atomic mass is 127. The fourth-order valence-electron chi connectivity index (χ4n) is 2.35. The van der Waals surface area contributed by atoms with Crippen LogP contribution < -0.4 is 9.47 Å². The molecule has 0 unspecified atom stereocenters. The predicted molar refractivity (Wildman–Crippen MR) is 126 cm³/mol. The van der Waals surface area contributed by atoms with Crippen LogP contribution in [-0.2, 0) is 9.47 Å². The molecule has 0 atom stereocenters. The standard InChI is InChI=1S/C12H13F2NO3.C10H10F2INO3/c1-3-8-5-6-15-11(18-7-9(13)14)10(8)12(16)17-4-2;1-2-16-10(15)8-6(13)3-4-14-9(8)17-5-7(11)12/h3,5-6,9H,1,4,7H2,2H3;3-4,7H,2,5H2,1H3. The van der Waals surface area contributed by atoms with Gasteiger partial charge in [-0.3, -0.25) is 0 Å². The van der Waals surface area contributed by atoms with Gasteiger partial charge >= 0.3 is 11.9 Å². The lowest BCUT2D eigenvalue weighted by Crippen LogP contribution is -2.14. The number of alkyl halides is 4. The molecule has 0 spiro atoms. The lowest BCUT2D eigenvalue weighted by molar-refractivity contribution is 0.0496. The quantitative estimate of drug-likeness (QED) is 0.197. The van der Waals surface area contributed by atoms with Crippen LogP contribution in [0.3, 0.4) is 0 Å². The van der Waals surface area contributed by atoms with E-state index in [4.69, 9.17) is 18.9 Å². The highest BCUT2D eigenvalue weighted by Crippen LogP contribution is 2.23. The minimum absolute atomic E-state index is 0.00926. The third kappa shape index (κ3) is 10.0. The van der Waals surface area contributed by atoms with E-state index in [1.165, 1.54) is 24.5 Å². The van der Waals surface area contributed by atoms with Gasteiger partial charge in [0.1, 0.15) is 11.1 Å². The second kappa shape index (κ2) is 15.8. The molecule has 0 saturated heterocycles. The Balaban J connectivity index is 0.000000351. The molecule has 0 fully saturated rings. The summed E-state index contributed by atoms with van der Waals surface area (Å²) in [5, 5.41) is 0. The van der Waals surface area contributed by atoms with Crippen molar-refractivity contribution < 1.29 is 46.1 Å². The van der Waals surface area contributed by atoms with E-state index in [0.29, 0.717) is 9.13 Å². The molecule has 0 bridgehead atoms. The summed E-state index contributed by atoms with van der Waals surface area (Å²) < 4.78 is 68.0. The van der Waals surface area contributed by atoms with Crippen LogP contribution in [0.2, 0.25) is 0 Å². The summed E-state index contributed by atoms with van der Waals surface area (Å²) in [6.07, 6.45) is -1.13. The molecular weight excluding hydrogens is 591 g/mol. The Morgan fingerprint density at radius 1 is 0.914 bits per heavy atom. The van der Waals surface area contributed by atoms with Gasteiger partial charge in [0.2, 0.25) is 11.8 Å². The molecule has 0 amide bonds. The Bertz CT molecular complexity index is 994. The van der Waals surface area contributed by atoms with Gasteiger partial charge in [0.25, 0.3) is 12.9 Å². The molecule has 2 aromatic rings. The van der Waals surface area contributed by atoms with Crippen molar-refractivity contribution in [1.82, 2.24) is 9.97 Å². The first-order valence-electron chi connectivity index (χ1n) is 10.1. The minimum atomic E-state index is -2.64. The summed E-state index contributed by atoms with van der Waals surface area (Å²) in [5.74, 6) is -1.61. The maximum Gasteiger partial charge on any atom is 0.344 e. The number of hydrogen-bond donors (Lipinski definition) is 0. The molecular formula is C22H23F4IN2O6. The second-order valence-corrected chi connectivity index (χ2v) is 7.26. The summed E-state index contributed by atoms with van der Waals surface area (Å²) in [6, 6.07) is 3.09. The van der Waals surface area contributed by atoms with Crippen LogP contribution in [-0.4, -0.2) is 61.2 Å². The van der Waals surface area contributed by atoms with E-state index < -0.39 is 38.0 Å². The summed E-state index contributed by atoms with van der Waals surface area (Å²) in [6.45, 7) is 5.54. The molecule has 2 rings (SSSR count). The van der Waals surface area contributed by atoms with Gasteiger partial charge in [-0.15, -0.1) is 0 Å². The molecule has 0 radical (unpaired) electrons. The van der Waals surface area contributed by atoms with Crippen LogP contribution >= 0.6 is 22.6 Å². The molecule has 13 heteroatoms. The van der Waals surface area contributed by atoms with Crippen LogP contribution in [0.1, 0.15) is 40.1 Å². The van der Waals surface area contributed by atoms with E-state index in [1.807, 2.05) is 22.6 Å². The van der Waals surface area contributed by atoms with E-state index in [0.717, 1.165) is 0 Å². The van der Waals surface area contributed by atoms with Crippen molar-refractivity contribution in [2.75, 3.05) is 26.4 Å². The Morgan fingerprint density at radius 2 is 1.37 bits per heavy atom. The number of halogens is 5. The fraction of sp³-hybridized carbons (Fsp3) is 0.364. The predicted octanol–water partition coefficient (Wildman–Crippen LogP) is 5.05. The third-order valence-electron chi connectivity index (χ3n) is 3.68. The SMILES string of the molecule is C=Cc1ccnc(OCC(F)F)c1C(=O)OCC.CCOC(=O)c1c(I)ccnc1OCC(F)F. The summed E-state index contributed by atoms with van der Waals surface area (Å²) in [4.78, 5) is 30.8. The van der Waals surface area contributed by atoms with Crippen molar-refractivity contribution in [2.24, 2.45) is 0 Å². The van der Waals surface area contributed by atoms with Gasteiger partial charge in [-0.1, -0.05) is 12.7 Å². The molecule has 0 aliphatic rings. The molecule has 35 heavy (non-hydrogen) atoms. The number of rotatable bonds is 11. The lowest BCUT2D eigenvalue weighted by atomic mass is 10.1. The van der Waals surface area contributed by atoms with Gasteiger partial charge in [0.15, 0.2) is 13.2 Å². The molecule has 0 saturated carbocycles. The number of esters is 2. The molecule has 0 aliphatic heterocycles. The van der Waals surface area contributed by atoms with Gasteiger partial charge < -0.3 is 18.9 Å². The molecule has 2 aromatic heterocycles. The fourth-order valence-corrected chi connectivity index (χ4v) is 2.96. The normalized spacial score (nSPS) is 10.3. The van der Waals surface area contributed by atoms with E-state index in [1.54, 1.807) is 19.9 Å². The van der Waals surface area contributed by atoms with Gasteiger partial charge in [-0.25, -0.2) is 37.1 Å². The Hall–Kier alpha value is -2.97. The number of pyridine rings is 2. The Kier molecular flexibility index (Phi) is 13.6. The van der Waals surface area contributed by atoms with Crippen LogP contribution in [0, 0.1) is 3.57 Å². The zero-order valence-electron chi connectivity index (χ0n) is 18.8. The second-order valence-electron chi connectivity index (χ2n) is 6.10. The van der Waals surface area contributed by atoms with E-state index >= 15 is 0 Å². The molecule has 192 valence electrons. The van der Waals surface area contributed by atoms with Crippen molar-refractivity contribution in [2.45, 2.75) is 26.7 Å². The van der Waals surface area contributed by atoms with Crippen molar-refractivity contribution in [1.29, 1.82) is 0 Å². The van der Waals surface area contributed by atoms with Gasteiger partial charge in [-0.05, 0) is 54.1 Å². The van der Waals surface area contributed by atoms with Crippen LogP contribution in [0.25, 0.3) is 6.08 Å². The first kappa shape index (κ1) is 30.1. The smallest absolute Gasteiger partial charge is 0.344 e. The highest BCUT2D eigenvalue weighted by molar-refractivity contribution is 14.1. The first-order chi connectivity index (χ1) is 16.7. The summed E-state index contributed by atoms with van der Waals surface area (Å²) >= 11 is 1.89. The number of ether oxygens (including phenoxy) is 4. The lowest BCUT2D eigenvalue weighted by Gasteiger charge is -2.11. The maximum absolute atomic E-state index is 12.1. The summed E-state index contributed by atoms with van der Waals surface area (Å²) in [7, 11) is 0. The zero-order valence-corrected chi connectivity index (χ0v) is 21.0. The number of hydrogen-bond acceptors (Lipinski definition) is 8. The minimum Gasteiger partial charge on any atom is -0.471 e. The summed E-state index contributed by atoms with van der Waals surface area (Å²) in [5.41, 5.74) is 0.512. The van der Waals surface area contributed by atoms with Gasteiger partial charge in [-0.2, -0.15) is 0 Å². The van der Waals surface area contributed by atoms with Crippen molar-refractivity contribution >= 4 is 40.6 Å². The molecule has 0 N–H and O–H groups in total. The monoisotopic (exact) mass is 614 g/mol. The van der Waals surface area contributed by atoms with E-state index in [2.05, 4.69) is 16.5 Å². The third-order valence-corrected chi connectivity index (χ3v) is 4.58. The molecule has 0 aliphatic carbocycles. The van der Waals surface area contributed by atoms with E-state index in [-0.39, 0.29) is 36.1 Å². The molecule has 2 heterocycles. The Labute approximate surface area is 212 Å². The Morgan fingerprint density at radius 3 is 1.83 bits per heavy atom. The number of aromatic nitrogens is 2. The number of carbonyl (C=O) groups excluding carboxylic acids is 2. The van der Waals surface area contributed by atoms with Gasteiger partial charge in [0.05, 0.1) is 13.2 Å². The molecule has 0 aromatic carbocycles. The zero-order chi connectivity index (χ0) is 26.4. The van der Waals surface area contributed by atoms with Crippen LogP contribution in [0.15, 0.2) is 31.1 Å². The van der Waals surface area contributed by atoms with Crippen LogP contribution in [0.4, 0.5) is 17.6 Å². The van der Waals surface area contributed by atoms with E-state index in [9.17, 15) is 27.2 Å². The van der Waals surface area contributed by atoms with Crippen LogP contribution in [0.5, 0.6) is 11.8 Å². The van der Waals surface area contributed by atoms with Crippen molar-refractivity contribution in [3.05, 3.63) is 51.4 Å². The largest absolute Gasteiger partial charge is 0.471 e. The average Bonchev–Trinajstić information content (AvgIpc) is 2.81. The molecule has 8 nitrogen and oxygen atoms in total. The maximum atomic E-state index is 12.1. The average molecular weight is 614 g/mol.